The van der Waals surface area contributed by atoms with Crippen molar-refractivity contribution in [3.8, 4) is 11.8 Å². The van der Waals surface area contributed by atoms with E-state index in [0.717, 1.165) is 5.56 Å². The lowest BCUT2D eigenvalue weighted by Gasteiger charge is -2.37. The molecule has 33 heavy (non-hydrogen) atoms. The molecule has 2 aliphatic heterocycles. The highest BCUT2D eigenvalue weighted by atomic mass is 32.1. The Balaban J connectivity index is 1.29. The molecule has 0 saturated carbocycles. The molecule has 4 heterocycles. The van der Waals surface area contributed by atoms with Crippen molar-refractivity contribution in [3.63, 3.8) is 0 Å². The molecule has 5 rings (SSSR count). The molecule has 3 aromatic rings. The van der Waals surface area contributed by atoms with Gasteiger partial charge in [0.15, 0.2) is 0 Å². The zero-order valence-corrected chi connectivity index (χ0v) is 19.1. The minimum atomic E-state index is -0.284. The number of hydrogen-bond acceptors (Lipinski definition) is 5. The number of hydrogen-bond donors (Lipinski definition) is 0. The number of likely N-dealkylation sites (tertiary alicyclic amines) is 1. The molecule has 0 aliphatic carbocycles. The summed E-state index contributed by atoms with van der Waals surface area (Å²) < 4.78 is 7.54. The van der Waals surface area contributed by atoms with Crippen LogP contribution in [0.25, 0.3) is 5.69 Å². The van der Waals surface area contributed by atoms with Crippen molar-refractivity contribution in [3.05, 3.63) is 76.2 Å². The van der Waals surface area contributed by atoms with E-state index in [9.17, 15) is 14.9 Å². The molecular weight excluding hydrogens is 436 g/mol. The first-order valence-corrected chi connectivity index (χ1v) is 11.9. The Morgan fingerprint density at radius 1 is 1.12 bits per heavy atom. The van der Waals surface area contributed by atoms with E-state index in [1.165, 1.54) is 11.3 Å². The van der Waals surface area contributed by atoms with E-state index < -0.39 is 0 Å². The van der Waals surface area contributed by atoms with Gasteiger partial charge in [-0.3, -0.25) is 9.69 Å². The van der Waals surface area contributed by atoms with Crippen LogP contribution in [0.4, 0.5) is 4.79 Å². The number of benzene rings is 1. The number of cyclic esters (lactones) is 1. The molecule has 168 valence electrons. The zero-order chi connectivity index (χ0) is 22.9. The smallest absolute Gasteiger partial charge is 0.411 e. The van der Waals surface area contributed by atoms with Crippen LogP contribution in [0, 0.1) is 11.3 Å². The van der Waals surface area contributed by atoms with Crippen LogP contribution >= 0.6 is 11.3 Å². The molecule has 8 heteroatoms. The molecule has 2 amide bonds. The predicted octanol–water partition coefficient (Wildman–Crippen LogP) is 4.60. The fourth-order valence-electron chi connectivity index (χ4n) is 4.86. The normalized spacial score (nSPS) is 21.2. The molecule has 0 N–H and O–H groups in total. The van der Waals surface area contributed by atoms with Gasteiger partial charge in [0.05, 0.1) is 17.3 Å². The van der Waals surface area contributed by atoms with Gasteiger partial charge >= 0.3 is 6.09 Å². The Labute approximate surface area is 196 Å². The monoisotopic (exact) mass is 460 g/mol. The Bertz CT molecular complexity index is 1190. The summed E-state index contributed by atoms with van der Waals surface area (Å²) in [7, 11) is 0. The lowest BCUT2D eigenvalue weighted by atomic mass is 9.98. The number of carbonyl (C=O) groups excluding carboxylic acids is 2. The maximum atomic E-state index is 13.3. The lowest BCUT2D eigenvalue weighted by molar-refractivity contribution is 0.0645. The Kier molecular flexibility index (Phi) is 5.65. The average Bonchev–Trinajstić information content (AvgIpc) is 3.58. The van der Waals surface area contributed by atoms with Crippen LogP contribution in [0.15, 0.2) is 60.2 Å². The summed E-state index contributed by atoms with van der Waals surface area (Å²) in [6.45, 7) is 3.14. The predicted molar refractivity (Wildman–Crippen MR) is 124 cm³/mol. The second-order valence-corrected chi connectivity index (χ2v) is 9.30. The van der Waals surface area contributed by atoms with Crippen molar-refractivity contribution >= 4 is 23.3 Å². The molecule has 2 saturated heterocycles. The second kappa shape index (κ2) is 8.75. The average molecular weight is 461 g/mol. The first kappa shape index (κ1) is 21.3. The molecule has 2 atom stereocenters. The van der Waals surface area contributed by atoms with Crippen LogP contribution < -0.4 is 0 Å². The van der Waals surface area contributed by atoms with Crippen molar-refractivity contribution in [1.29, 1.82) is 5.26 Å². The van der Waals surface area contributed by atoms with Crippen LogP contribution in [0.1, 0.15) is 46.7 Å². The highest BCUT2D eigenvalue weighted by Gasteiger charge is 2.44. The van der Waals surface area contributed by atoms with Gasteiger partial charge in [-0.05, 0) is 37.5 Å². The number of thiophene rings is 1. The summed E-state index contributed by atoms with van der Waals surface area (Å²) in [5, 5.41) is 11.2. The first-order chi connectivity index (χ1) is 16.1. The number of nitriles is 1. The summed E-state index contributed by atoms with van der Waals surface area (Å²) in [6, 6.07) is 15.7. The molecular formula is C25H24N4O3S. The molecule has 0 bridgehead atoms. The SMILES string of the molecule is CC1C(c2ccccc2)OC(=O)N1C1CCN(C(=O)c2scc(C#N)c2-n2cccc2)CC1. The van der Waals surface area contributed by atoms with Crippen molar-refractivity contribution in [2.45, 2.75) is 38.0 Å². The molecule has 2 fully saturated rings. The van der Waals surface area contributed by atoms with Gasteiger partial charge in [-0.1, -0.05) is 30.3 Å². The van der Waals surface area contributed by atoms with Crippen molar-refractivity contribution < 1.29 is 14.3 Å². The maximum Gasteiger partial charge on any atom is 0.411 e. The number of ether oxygens (including phenoxy) is 1. The third-order valence-electron chi connectivity index (χ3n) is 6.53. The number of aromatic nitrogens is 1. The van der Waals surface area contributed by atoms with Gasteiger partial charge in [0, 0.05) is 36.9 Å². The Morgan fingerprint density at radius 3 is 2.48 bits per heavy atom. The highest BCUT2D eigenvalue weighted by Crippen LogP contribution is 2.36. The van der Waals surface area contributed by atoms with E-state index in [-0.39, 0.29) is 30.2 Å². The van der Waals surface area contributed by atoms with E-state index in [1.807, 2.05) is 76.1 Å². The molecule has 0 spiro atoms. The Morgan fingerprint density at radius 2 is 1.82 bits per heavy atom. The first-order valence-electron chi connectivity index (χ1n) is 11.1. The maximum absolute atomic E-state index is 13.3. The summed E-state index contributed by atoms with van der Waals surface area (Å²) >= 11 is 1.31. The van der Waals surface area contributed by atoms with Crippen LogP contribution in [-0.2, 0) is 4.74 Å². The lowest BCUT2D eigenvalue weighted by Crippen LogP contribution is -2.49. The van der Waals surface area contributed by atoms with E-state index in [2.05, 4.69) is 6.07 Å². The van der Waals surface area contributed by atoms with Gasteiger partial charge in [-0.25, -0.2) is 4.79 Å². The van der Waals surface area contributed by atoms with Crippen molar-refractivity contribution in [2.75, 3.05) is 13.1 Å². The van der Waals surface area contributed by atoms with Crippen molar-refractivity contribution in [1.82, 2.24) is 14.4 Å². The minimum Gasteiger partial charge on any atom is -0.439 e. The molecule has 0 radical (unpaired) electrons. The van der Waals surface area contributed by atoms with Gasteiger partial charge < -0.3 is 14.2 Å². The van der Waals surface area contributed by atoms with Gasteiger partial charge in [-0.2, -0.15) is 5.26 Å². The van der Waals surface area contributed by atoms with Crippen LogP contribution in [0.2, 0.25) is 0 Å². The minimum absolute atomic E-state index is 0.0344. The molecule has 1 aromatic carbocycles. The highest BCUT2D eigenvalue weighted by molar-refractivity contribution is 7.12. The summed E-state index contributed by atoms with van der Waals surface area (Å²) in [4.78, 5) is 30.3. The largest absolute Gasteiger partial charge is 0.439 e. The van der Waals surface area contributed by atoms with E-state index in [1.54, 1.807) is 5.38 Å². The van der Waals surface area contributed by atoms with Gasteiger partial charge in [0.2, 0.25) is 0 Å². The van der Waals surface area contributed by atoms with Crippen LogP contribution in [0.3, 0.4) is 0 Å². The summed E-state index contributed by atoms with van der Waals surface area (Å²) in [5.41, 5.74) is 2.13. The van der Waals surface area contributed by atoms with Gasteiger partial charge in [-0.15, -0.1) is 11.3 Å². The molecule has 2 unspecified atom stereocenters. The van der Waals surface area contributed by atoms with E-state index >= 15 is 0 Å². The number of nitrogens with zero attached hydrogens (tertiary/aromatic N) is 4. The third-order valence-corrected chi connectivity index (χ3v) is 7.49. The van der Waals surface area contributed by atoms with Crippen LogP contribution in [0.5, 0.6) is 0 Å². The molecule has 2 aliphatic rings. The number of carbonyl (C=O) groups is 2. The Hall–Kier alpha value is -3.57. The quantitative estimate of drug-likeness (QED) is 0.570. The molecule has 7 nitrogen and oxygen atoms in total. The van der Waals surface area contributed by atoms with Gasteiger partial charge in [0.1, 0.15) is 17.1 Å². The number of piperidine rings is 1. The number of amides is 2. The molecule has 2 aromatic heterocycles. The fraction of sp³-hybridized carbons (Fsp3) is 0.320. The zero-order valence-electron chi connectivity index (χ0n) is 18.3. The summed E-state index contributed by atoms with van der Waals surface area (Å²) in [5.74, 6) is -0.0668. The standard InChI is InChI=1S/C25H24N4O3S/c1-17-22(18-7-3-2-4-8-18)32-25(31)29(17)20-9-13-28(14-10-20)24(30)23-21(19(15-26)16-33-23)27-11-5-6-12-27/h2-8,11-12,16-17,20,22H,9-10,13-14H2,1H3. The van der Waals surface area contributed by atoms with Gasteiger partial charge in [0.25, 0.3) is 5.91 Å². The van der Waals surface area contributed by atoms with E-state index in [0.29, 0.717) is 42.1 Å². The number of rotatable bonds is 4. The van der Waals surface area contributed by atoms with Crippen LogP contribution in [-0.4, -0.2) is 51.5 Å². The van der Waals surface area contributed by atoms with Crippen molar-refractivity contribution in [2.24, 2.45) is 0 Å². The summed E-state index contributed by atoms with van der Waals surface area (Å²) in [6.07, 6.45) is 4.51. The van der Waals surface area contributed by atoms with E-state index in [4.69, 9.17) is 4.74 Å². The topological polar surface area (TPSA) is 78.6 Å². The second-order valence-electron chi connectivity index (χ2n) is 8.42. The fourth-order valence-corrected chi connectivity index (χ4v) is 5.82. The third kappa shape index (κ3) is 3.79.